The zero-order chi connectivity index (χ0) is 14.0. The lowest BCUT2D eigenvalue weighted by Gasteiger charge is -2.26. The normalized spacial score (nSPS) is 13.5. The van der Waals surface area contributed by atoms with Gasteiger partial charge in [0.2, 0.25) is 10.0 Å². The molecule has 1 rings (SSSR count). The highest BCUT2D eigenvalue weighted by Crippen LogP contribution is 2.20. The minimum Gasteiger partial charge on any atom is -0.285 e. The molecule has 1 aromatic rings. The molecule has 0 saturated carbocycles. The Morgan fingerprint density at radius 1 is 1.11 bits per heavy atom. The Hall–Kier alpha value is -0.960. The molecule has 0 heterocycles. The van der Waals surface area contributed by atoms with Gasteiger partial charge in [-0.2, -0.15) is 8.42 Å². The second kappa shape index (κ2) is 4.96. The van der Waals surface area contributed by atoms with E-state index in [0.717, 1.165) is 0 Å². The lowest BCUT2D eigenvalue weighted by molar-refractivity contribution is 0.468. The van der Waals surface area contributed by atoms with Crippen molar-refractivity contribution < 1.29 is 21.4 Å². The molecule has 0 aliphatic rings. The lowest BCUT2D eigenvalue weighted by Crippen LogP contribution is -2.43. The molecule has 0 aliphatic carbocycles. The fourth-order valence-electron chi connectivity index (χ4n) is 1.53. The maximum Gasteiger partial charge on any atom is 0.280 e. The molecule has 2 N–H and O–H groups in total. The number of hydrogen-bond acceptors (Lipinski definition) is 4. The van der Waals surface area contributed by atoms with E-state index in [2.05, 4.69) is 4.72 Å². The monoisotopic (exact) mass is 293 g/mol. The first-order valence-electron chi connectivity index (χ1n) is 5.04. The van der Waals surface area contributed by atoms with Crippen molar-refractivity contribution in [3.05, 3.63) is 35.9 Å². The van der Waals surface area contributed by atoms with E-state index in [-0.39, 0.29) is 0 Å². The van der Waals surface area contributed by atoms with E-state index in [0.29, 0.717) is 5.56 Å². The first-order valence-corrected chi connectivity index (χ1v) is 8.30. The van der Waals surface area contributed by atoms with Gasteiger partial charge in [0, 0.05) is 0 Å². The van der Waals surface area contributed by atoms with Gasteiger partial charge in [0.15, 0.2) is 5.08 Å². The minimum absolute atomic E-state index is 0.684. The molecule has 0 atom stereocenters. The summed E-state index contributed by atoms with van der Waals surface area (Å²) in [6, 6.07) is 8.71. The van der Waals surface area contributed by atoms with Crippen molar-refractivity contribution in [2.75, 3.05) is 5.08 Å². The Balaban J connectivity index is 2.97. The third-order valence-corrected chi connectivity index (χ3v) is 5.46. The third kappa shape index (κ3) is 4.73. The maximum absolute atomic E-state index is 11.6. The Bertz CT molecular complexity index is 605. The van der Waals surface area contributed by atoms with Gasteiger partial charge in [0.25, 0.3) is 10.1 Å². The van der Waals surface area contributed by atoms with Crippen LogP contribution in [0.1, 0.15) is 19.4 Å². The van der Waals surface area contributed by atoms with Crippen molar-refractivity contribution in [3.63, 3.8) is 0 Å². The van der Waals surface area contributed by atoms with E-state index in [1.54, 1.807) is 44.2 Å². The molecule has 0 unspecified atom stereocenters. The van der Waals surface area contributed by atoms with Crippen LogP contribution in [0.4, 0.5) is 0 Å². The molecule has 8 heteroatoms. The summed E-state index contributed by atoms with van der Waals surface area (Å²) < 4.78 is 55.2. The summed E-state index contributed by atoms with van der Waals surface area (Å²) in [6.07, 6.45) is 0. The average molecular weight is 293 g/mol. The van der Waals surface area contributed by atoms with Gasteiger partial charge in [0.05, 0.1) is 5.54 Å². The van der Waals surface area contributed by atoms with Crippen LogP contribution in [0, 0.1) is 0 Å². The molecular formula is C10H15NO5S2. The maximum atomic E-state index is 11.6. The van der Waals surface area contributed by atoms with Gasteiger partial charge < -0.3 is 0 Å². The summed E-state index contributed by atoms with van der Waals surface area (Å²) in [4.78, 5) is 0. The van der Waals surface area contributed by atoms with E-state index >= 15 is 0 Å². The zero-order valence-corrected chi connectivity index (χ0v) is 11.6. The van der Waals surface area contributed by atoms with Gasteiger partial charge >= 0.3 is 0 Å². The van der Waals surface area contributed by atoms with Gasteiger partial charge in [-0.05, 0) is 19.4 Å². The Labute approximate surface area is 107 Å². The topological polar surface area (TPSA) is 101 Å². The van der Waals surface area contributed by atoms with Gasteiger partial charge in [-0.15, -0.1) is 0 Å². The first kappa shape index (κ1) is 15.1. The second-order valence-corrected chi connectivity index (χ2v) is 7.95. The molecule has 0 radical (unpaired) electrons. The van der Waals surface area contributed by atoms with E-state index in [1.165, 1.54) is 0 Å². The van der Waals surface area contributed by atoms with Crippen LogP contribution in [0.15, 0.2) is 30.3 Å². The Morgan fingerprint density at radius 2 is 1.61 bits per heavy atom. The summed E-state index contributed by atoms with van der Waals surface area (Å²) >= 11 is 0. The fraction of sp³-hybridized carbons (Fsp3) is 0.400. The highest BCUT2D eigenvalue weighted by Gasteiger charge is 2.29. The highest BCUT2D eigenvalue weighted by atomic mass is 32.3. The molecule has 6 nitrogen and oxygen atoms in total. The van der Waals surface area contributed by atoms with Crippen LogP contribution in [0.3, 0.4) is 0 Å². The van der Waals surface area contributed by atoms with Crippen LogP contribution in [0.25, 0.3) is 0 Å². The number of rotatable bonds is 5. The van der Waals surface area contributed by atoms with E-state index in [1.807, 2.05) is 0 Å². The zero-order valence-electron chi connectivity index (χ0n) is 9.99. The standard InChI is InChI=1S/C10H15NO5S2/c1-10(2,9-6-4-3-5-7-9)11-17(12,13)8-18(14,15)16/h3-7,11H,8H2,1-2H3,(H,14,15,16). The average Bonchev–Trinajstić information content (AvgIpc) is 2.13. The van der Waals surface area contributed by atoms with Crippen molar-refractivity contribution in [2.45, 2.75) is 19.4 Å². The summed E-state index contributed by atoms with van der Waals surface area (Å²) in [6.45, 7) is 3.20. The number of benzene rings is 1. The summed E-state index contributed by atoms with van der Waals surface area (Å²) in [5.74, 6) is 0. The quantitative estimate of drug-likeness (QED) is 0.778. The number of nitrogens with one attached hydrogen (secondary N) is 1. The highest BCUT2D eigenvalue weighted by molar-refractivity contribution is 8.04. The van der Waals surface area contributed by atoms with Crippen molar-refractivity contribution in [2.24, 2.45) is 0 Å². The van der Waals surface area contributed by atoms with E-state index in [9.17, 15) is 16.8 Å². The van der Waals surface area contributed by atoms with Crippen molar-refractivity contribution in [1.29, 1.82) is 0 Å². The predicted molar refractivity (Wildman–Crippen MR) is 67.9 cm³/mol. The molecule has 1 aromatic carbocycles. The van der Waals surface area contributed by atoms with Gasteiger partial charge in [-0.3, -0.25) is 4.55 Å². The van der Waals surface area contributed by atoms with E-state index in [4.69, 9.17) is 4.55 Å². The SMILES string of the molecule is CC(C)(NS(=O)(=O)CS(=O)(=O)O)c1ccccc1. The van der Waals surface area contributed by atoms with Crippen LogP contribution < -0.4 is 4.72 Å². The smallest absolute Gasteiger partial charge is 0.280 e. The third-order valence-electron chi connectivity index (χ3n) is 2.21. The molecule has 0 spiro atoms. The molecule has 102 valence electrons. The number of sulfonamides is 1. The van der Waals surface area contributed by atoms with Crippen molar-refractivity contribution in [3.8, 4) is 0 Å². The van der Waals surface area contributed by atoms with Crippen molar-refractivity contribution in [1.82, 2.24) is 4.72 Å². The molecule has 0 saturated heterocycles. The van der Waals surface area contributed by atoms with Crippen LogP contribution in [-0.4, -0.2) is 26.5 Å². The molecule has 0 aliphatic heterocycles. The van der Waals surface area contributed by atoms with Crippen molar-refractivity contribution >= 4 is 20.1 Å². The molecule has 0 amide bonds. The Morgan fingerprint density at radius 3 is 2.06 bits per heavy atom. The van der Waals surface area contributed by atoms with Crippen LogP contribution in [-0.2, 0) is 25.7 Å². The summed E-state index contributed by atoms with van der Waals surface area (Å²) in [5, 5.41) is -1.35. The number of hydrogen-bond donors (Lipinski definition) is 2. The summed E-state index contributed by atoms with van der Waals surface area (Å²) in [7, 11) is -8.72. The van der Waals surface area contributed by atoms with Gasteiger partial charge in [-0.25, -0.2) is 13.1 Å². The van der Waals surface area contributed by atoms with Crippen LogP contribution in [0.2, 0.25) is 0 Å². The minimum atomic E-state index is -4.59. The van der Waals surface area contributed by atoms with Crippen LogP contribution >= 0.6 is 0 Å². The molecule has 0 fully saturated rings. The predicted octanol–water partition coefficient (Wildman–Crippen LogP) is 0.686. The fourth-order valence-corrected chi connectivity index (χ4v) is 4.23. The van der Waals surface area contributed by atoms with Gasteiger partial charge in [0.1, 0.15) is 0 Å². The van der Waals surface area contributed by atoms with E-state index < -0.39 is 30.8 Å². The van der Waals surface area contributed by atoms with Crippen LogP contribution in [0.5, 0.6) is 0 Å². The molecule has 0 aromatic heterocycles. The van der Waals surface area contributed by atoms with Gasteiger partial charge in [-0.1, -0.05) is 30.3 Å². The summed E-state index contributed by atoms with van der Waals surface area (Å²) in [5.41, 5.74) is -0.283. The Kier molecular flexibility index (Phi) is 4.16. The molecular weight excluding hydrogens is 278 g/mol. The first-order chi connectivity index (χ1) is 8.02. The molecule has 0 bridgehead atoms. The second-order valence-electron chi connectivity index (χ2n) is 4.41. The lowest BCUT2D eigenvalue weighted by atomic mass is 9.96. The largest absolute Gasteiger partial charge is 0.285 e. The molecule has 18 heavy (non-hydrogen) atoms.